The first-order chi connectivity index (χ1) is 14.2. The van der Waals surface area contributed by atoms with Gasteiger partial charge in [0.25, 0.3) is 0 Å². The van der Waals surface area contributed by atoms with Crippen LogP contribution in [0.15, 0.2) is 0 Å². The lowest BCUT2D eigenvalue weighted by molar-refractivity contribution is -0.447. The standard InChI is InChI=1S/C24H35NO5/c1-13(26)29-16-17-21(2)6-4-7-24(17)15-11-14-5-8-23(15,12-22(14,3)27)18(16)30-20(24)25-9-10-28-19(21)25/h14-20,27H,4-12H2,1-3H3/t14-,15+,16+,17+,18+,19+,20+,21-,22+,23+,24+/m0/s1. The number of hydrogen-bond donors (Lipinski definition) is 1. The SMILES string of the molecule is CC(=O)O[C@H]1[C@H]2O[C@H]3N4CCO[C@@H]4[C@@]4(C)CCC[C@]3([C@H]14)[C@@H]1C[C@@H]3CC[C@]21C[C@@]3(C)O. The zero-order valence-corrected chi connectivity index (χ0v) is 18.4. The summed E-state index contributed by atoms with van der Waals surface area (Å²) in [5, 5.41) is 11.3. The summed E-state index contributed by atoms with van der Waals surface area (Å²) in [7, 11) is 0. The Labute approximate surface area is 178 Å². The highest BCUT2D eigenvalue weighted by Crippen LogP contribution is 2.80. The summed E-state index contributed by atoms with van der Waals surface area (Å²) in [4.78, 5) is 14.8. The van der Waals surface area contributed by atoms with Gasteiger partial charge >= 0.3 is 5.97 Å². The summed E-state index contributed by atoms with van der Waals surface area (Å²) in [6.07, 6.45) is 7.30. The highest BCUT2D eigenvalue weighted by Gasteiger charge is 2.83. The summed E-state index contributed by atoms with van der Waals surface area (Å²) < 4.78 is 19.6. The molecule has 9 rings (SSSR count). The predicted molar refractivity (Wildman–Crippen MR) is 107 cm³/mol. The number of carbonyl (C=O) groups is 1. The average molecular weight is 418 g/mol. The molecule has 6 nitrogen and oxygen atoms in total. The third kappa shape index (κ3) is 1.84. The van der Waals surface area contributed by atoms with Crippen LogP contribution in [0.4, 0.5) is 0 Å². The molecule has 2 spiro atoms. The van der Waals surface area contributed by atoms with Crippen molar-refractivity contribution in [3.05, 3.63) is 0 Å². The molecule has 4 aliphatic heterocycles. The van der Waals surface area contributed by atoms with E-state index in [1.807, 2.05) is 6.92 Å². The Bertz CT molecular complexity index is 815. The van der Waals surface area contributed by atoms with Gasteiger partial charge in [0.05, 0.1) is 12.2 Å². The van der Waals surface area contributed by atoms with E-state index in [-0.39, 0.29) is 52.8 Å². The van der Waals surface area contributed by atoms with E-state index >= 15 is 0 Å². The van der Waals surface area contributed by atoms with Crippen molar-refractivity contribution in [2.75, 3.05) is 13.2 Å². The lowest BCUT2D eigenvalue weighted by Gasteiger charge is -2.81. The minimum Gasteiger partial charge on any atom is -0.459 e. The monoisotopic (exact) mass is 417 g/mol. The molecule has 0 aromatic carbocycles. The summed E-state index contributed by atoms with van der Waals surface area (Å²) >= 11 is 0. The quantitative estimate of drug-likeness (QED) is 0.662. The van der Waals surface area contributed by atoms with Gasteiger partial charge in [-0.25, -0.2) is 4.90 Å². The molecule has 9 fully saturated rings. The number of esters is 1. The maximum absolute atomic E-state index is 12.3. The molecule has 0 unspecified atom stereocenters. The Morgan fingerprint density at radius 1 is 1.20 bits per heavy atom. The molecular weight excluding hydrogens is 382 g/mol. The highest BCUT2D eigenvalue weighted by atomic mass is 16.6. The molecule has 30 heavy (non-hydrogen) atoms. The van der Waals surface area contributed by atoms with Crippen molar-refractivity contribution in [2.45, 2.75) is 96.0 Å². The van der Waals surface area contributed by atoms with Crippen LogP contribution in [0.3, 0.4) is 0 Å². The molecule has 0 aromatic rings. The zero-order chi connectivity index (χ0) is 20.7. The van der Waals surface area contributed by atoms with E-state index in [0.717, 1.165) is 51.7 Å². The Kier molecular flexibility index (Phi) is 3.42. The maximum atomic E-state index is 12.3. The second-order valence-corrected chi connectivity index (χ2v) is 12.2. The number of rotatable bonds is 1. The molecule has 0 aromatic heterocycles. The molecule has 0 amide bonds. The van der Waals surface area contributed by atoms with Crippen molar-refractivity contribution in [1.82, 2.24) is 4.90 Å². The van der Waals surface area contributed by atoms with Crippen LogP contribution in [-0.4, -0.2) is 59.4 Å². The Morgan fingerprint density at radius 2 is 2.03 bits per heavy atom. The fourth-order valence-corrected chi connectivity index (χ4v) is 10.5. The summed E-state index contributed by atoms with van der Waals surface area (Å²) in [5.74, 6) is 1.01. The molecule has 7 bridgehead atoms. The summed E-state index contributed by atoms with van der Waals surface area (Å²) in [6, 6.07) is 0. The van der Waals surface area contributed by atoms with Crippen LogP contribution in [0.2, 0.25) is 0 Å². The number of aliphatic hydroxyl groups is 1. The first kappa shape index (κ1) is 18.8. The number of piperidine rings is 1. The molecule has 6 heteroatoms. The van der Waals surface area contributed by atoms with Gasteiger partial charge in [0.1, 0.15) is 24.7 Å². The maximum Gasteiger partial charge on any atom is 0.303 e. The van der Waals surface area contributed by atoms with Crippen molar-refractivity contribution in [3.8, 4) is 0 Å². The van der Waals surface area contributed by atoms with E-state index in [2.05, 4.69) is 11.8 Å². The third-order valence-corrected chi connectivity index (χ3v) is 11.0. The van der Waals surface area contributed by atoms with Crippen LogP contribution in [0.5, 0.6) is 0 Å². The molecule has 9 aliphatic rings. The second kappa shape index (κ2) is 5.44. The van der Waals surface area contributed by atoms with Crippen molar-refractivity contribution in [2.24, 2.45) is 34.0 Å². The third-order valence-electron chi connectivity index (χ3n) is 11.0. The zero-order valence-electron chi connectivity index (χ0n) is 18.4. The normalized spacial score (nSPS) is 62.7. The fraction of sp³-hybridized carbons (Fsp3) is 0.958. The Hall–Kier alpha value is -0.690. The highest BCUT2D eigenvalue weighted by molar-refractivity contribution is 5.66. The molecule has 5 aliphatic carbocycles. The largest absolute Gasteiger partial charge is 0.459 e. The van der Waals surface area contributed by atoms with Gasteiger partial charge in [-0.2, -0.15) is 0 Å². The van der Waals surface area contributed by atoms with Crippen molar-refractivity contribution in [1.29, 1.82) is 0 Å². The Morgan fingerprint density at radius 3 is 2.80 bits per heavy atom. The number of ether oxygens (including phenoxy) is 3. The van der Waals surface area contributed by atoms with E-state index in [4.69, 9.17) is 14.2 Å². The molecule has 1 N–H and O–H groups in total. The van der Waals surface area contributed by atoms with E-state index < -0.39 is 5.60 Å². The van der Waals surface area contributed by atoms with Crippen molar-refractivity contribution >= 4 is 5.97 Å². The topological polar surface area (TPSA) is 68.2 Å². The van der Waals surface area contributed by atoms with E-state index in [9.17, 15) is 9.90 Å². The molecule has 5 saturated carbocycles. The van der Waals surface area contributed by atoms with Gasteiger partial charge in [-0.1, -0.05) is 13.3 Å². The van der Waals surface area contributed by atoms with E-state index in [0.29, 0.717) is 11.8 Å². The van der Waals surface area contributed by atoms with Crippen molar-refractivity contribution < 1.29 is 24.1 Å². The number of nitrogens with zero attached hydrogens (tertiary/aromatic N) is 1. The summed E-state index contributed by atoms with van der Waals surface area (Å²) in [6.45, 7) is 7.68. The molecule has 11 atom stereocenters. The number of hydrogen-bond acceptors (Lipinski definition) is 6. The van der Waals surface area contributed by atoms with E-state index in [1.165, 1.54) is 6.42 Å². The van der Waals surface area contributed by atoms with Crippen LogP contribution in [0.25, 0.3) is 0 Å². The molecule has 4 heterocycles. The van der Waals surface area contributed by atoms with E-state index in [1.54, 1.807) is 6.92 Å². The lowest BCUT2D eigenvalue weighted by Crippen LogP contribution is -2.86. The smallest absolute Gasteiger partial charge is 0.303 e. The fourth-order valence-electron chi connectivity index (χ4n) is 10.5. The van der Waals surface area contributed by atoms with Crippen LogP contribution in [0.1, 0.15) is 65.7 Å². The Balaban J connectivity index is 1.46. The van der Waals surface area contributed by atoms with Crippen LogP contribution in [-0.2, 0) is 19.0 Å². The van der Waals surface area contributed by atoms with Gasteiger partial charge in [-0.3, -0.25) is 4.79 Å². The molecule has 4 saturated heterocycles. The van der Waals surface area contributed by atoms with Crippen LogP contribution < -0.4 is 0 Å². The van der Waals surface area contributed by atoms with Crippen LogP contribution in [0, 0.1) is 34.0 Å². The van der Waals surface area contributed by atoms with Gasteiger partial charge in [-0.05, 0) is 57.3 Å². The first-order valence-corrected chi connectivity index (χ1v) is 12.2. The van der Waals surface area contributed by atoms with Gasteiger partial charge in [0, 0.05) is 35.6 Å². The average Bonchev–Trinajstić information content (AvgIpc) is 3.16. The lowest BCUT2D eigenvalue weighted by atomic mass is 9.31. The minimum atomic E-state index is -0.640. The molecule has 0 radical (unpaired) electrons. The van der Waals surface area contributed by atoms with Gasteiger partial charge in [-0.15, -0.1) is 0 Å². The summed E-state index contributed by atoms with van der Waals surface area (Å²) in [5.41, 5.74) is -0.730. The number of fused-ring (bicyclic) bond motifs is 4. The second-order valence-electron chi connectivity index (χ2n) is 12.2. The van der Waals surface area contributed by atoms with Crippen molar-refractivity contribution in [3.63, 3.8) is 0 Å². The first-order valence-electron chi connectivity index (χ1n) is 12.2. The van der Waals surface area contributed by atoms with Crippen LogP contribution >= 0.6 is 0 Å². The molecular formula is C24H35NO5. The van der Waals surface area contributed by atoms with Gasteiger partial charge < -0.3 is 19.3 Å². The molecule has 166 valence electrons. The van der Waals surface area contributed by atoms with Gasteiger partial charge in [0.2, 0.25) is 0 Å². The minimum absolute atomic E-state index is 0.00123. The number of carbonyl (C=O) groups excluding carboxylic acids is 1. The predicted octanol–water partition coefficient (Wildman–Crippen LogP) is 2.68. The van der Waals surface area contributed by atoms with Gasteiger partial charge in [0.15, 0.2) is 0 Å².